The Bertz CT molecular complexity index is 609. The van der Waals surface area contributed by atoms with Gasteiger partial charge in [-0.05, 0) is 59.4 Å². The van der Waals surface area contributed by atoms with Gasteiger partial charge < -0.3 is 14.2 Å². The number of hydrogen-bond donors (Lipinski definition) is 0. The van der Waals surface area contributed by atoms with Gasteiger partial charge in [0.15, 0.2) is 0 Å². The predicted octanol–water partition coefficient (Wildman–Crippen LogP) is 3.69. The van der Waals surface area contributed by atoms with Crippen LogP contribution < -0.4 is 0 Å². The van der Waals surface area contributed by atoms with Crippen molar-refractivity contribution in [3.63, 3.8) is 0 Å². The molecular formula is C21H30O5. The summed E-state index contributed by atoms with van der Waals surface area (Å²) in [6.07, 6.45) is 0.986. The van der Waals surface area contributed by atoms with Gasteiger partial charge in [0.05, 0.1) is 6.61 Å². The van der Waals surface area contributed by atoms with Crippen molar-refractivity contribution in [2.75, 3.05) is 6.61 Å². The van der Waals surface area contributed by atoms with Gasteiger partial charge in [-0.1, -0.05) is 30.3 Å². The molecule has 5 heteroatoms. The Morgan fingerprint density at radius 2 is 1.50 bits per heavy atom. The van der Waals surface area contributed by atoms with E-state index in [0.717, 1.165) is 12.0 Å². The number of esters is 2. The molecule has 1 heterocycles. The summed E-state index contributed by atoms with van der Waals surface area (Å²) in [6.45, 7) is 10.9. The first-order valence-electron chi connectivity index (χ1n) is 9.06. The van der Waals surface area contributed by atoms with E-state index in [9.17, 15) is 9.59 Å². The van der Waals surface area contributed by atoms with Gasteiger partial charge in [-0.15, -0.1) is 0 Å². The lowest BCUT2D eigenvalue weighted by Crippen LogP contribution is -2.52. The van der Waals surface area contributed by atoms with Crippen molar-refractivity contribution in [2.45, 2.75) is 71.2 Å². The zero-order valence-corrected chi connectivity index (χ0v) is 16.6. The molecule has 26 heavy (non-hydrogen) atoms. The molecule has 144 valence electrons. The lowest BCUT2D eigenvalue weighted by molar-refractivity contribution is -0.197. The number of carbonyl (C=O) groups is 2. The molecule has 0 aliphatic carbocycles. The van der Waals surface area contributed by atoms with Crippen molar-refractivity contribution < 1.29 is 23.8 Å². The fraction of sp³-hybridized carbons (Fsp3) is 0.619. The minimum absolute atomic E-state index is 0.0393. The third-order valence-corrected chi connectivity index (χ3v) is 3.97. The minimum atomic E-state index is -1.69. The Hall–Kier alpha value is -1.88. The Kier molecular flexibility index (Phi) is 5.81. The fourth-order valence-electron chi connectivity index (χ4n) is 2.95. The van der Waals surface area contributed by atoms with Crippen LogP contribution in [0.5, 0.6) is 0 Å². The van der Waals surface area contributed by atoms with Crippen LogP contribution in [-0.4, -0.2) is 35.3 Å². The van der Waals surface area contributed by atoms with Crippen molar-refractivity contribution in [3.05, 3.63) is 35.9 Å². The standard InChI is InChI=1S/C21H30O5/c1-19(2,3)25-17(22)21(18(23)26-20(4,5)6)13-16(14-24-21)12-15-10-8-7-9-11-15/h7-11,16H,12-14H2,1-6H3/t16-/m0/s1. The first kappa shape index (κ1) is 20.4. The van der Waals surface area contributed by atoms with Gasteiger partial charge in [0.25, 0.3) is 5.60 Å². The number of hydrogen-bond acceptors (Lipinski definition) is 5. The smallest absolute Gasteiger partial charge is 0.350 e. The van der Waals surface area contributed by atoms with Crippen LogP contribution in [-0.2, 0) is 30.2 Å². The molecule has 2 rings (SSSR count). The van der Waals surface area contributed by atoms with Crippen molar-refractivity contribution in [1.82, 2.24) is 0 Å². The van der Waals surface area contributed by atoms with Crippen LogP contribution in [0.1, 0.15) is 53.5 Å². The van der Waals surface area contributed by atoms with Crippen molar-refractivity contribution in [3.8, 4) is 0 Å². The van der Waals surface area contributed by atoms with Gasteiger partial charge in [0, 0.05) is 6.42 Å². The second kappa shape index (κ2) is 7.39. The monoisotopic (exact) mass is 362 g/mol. The molecule has 0 N–H and O–H groups in total. The van der Waals surface area contributed by atoms with Gasteiger partial charge in [-0.2, -0.15) is 0 Å². The van der Waals surface area contributed by atoms with E-state index >= 15 is 0 Å². The van der Waals surface area contributed by atoms with E-state index in [1.54, 1.807) is 41.5 Å². The molecule has 1 saturated heterocycles. The Morgan fingerprint density at radius 1 is 1.00 bits per heavy atom. The highest BCUT2D eigenvalue weighted by atomic mass is 16.6. The van der Waals surface area contributed by atoms with Crippen LogP contribution in [0.3, 0.4) is 0 Å². The van der Waals surface area contributed by atoms with Crippen LogP contribution in [0.15, 0.2) is 30.3 Å². The normalized spacial score (nSPS) is 19.8. The lowest BCUT2D eigenvalue weighted by Gasteiger charge is -2.31. The molecule has 1 aromatic carbocycles. The maximum Gasteiger partial charge on any atom is 0.350 e. The summed E-state index contributed by atoms with van der Waals surface area (Å²) in [5.74, 6) is -1.30. The molecule has 1 aliphatic rings. The lowest BCUT2D eigenvalue weighted by atomic mass is 9.89. The number of benzene rings is 1. The summed E-state index contributed by atoms with van der Waals surface area (Å²) >= 11 is 0. The third kappa shape index (κ3) is 5.31. The van der Waals surface area contributed by atoms with Gasteiger partial charge in [0.2, 0.25) is 0 Å². The molecule has 0 spiro atoms. The molecule has 5 nitrogen and oxygen atoms in total. The molecule has 0 saturated carbocycles. The topological polar surface area (TPSA) is 61.8 Å². The van der Waals surface area contributed by atoms with Crippen LogP contribution in [0, 0.1) is 5.92 Å². The summed E-state index contributed by atoms with van der Waals surface area (Å²) in [6, 6.07) is 9.96. The van der Waals surface area contributed by atoms with E-state index in [4.69, 9.17) is 14.2 Å². The summed E-state index contributed by atoms with van der Waals surface area (Å²) < 4.78 is 16.8. The first-order valence-corrected chi connectivity index (χ1v) is 9.06. The van der Waals surface area contributed by atoms with E-state index in [2.05, 4.69) is 0 Å². The zero-order valence-electron chi connectivity index (χ0n) is 16.6. The van der Waals surface area contributed by atoms with E-state index in [1.807, 2.05) is 30.3 Å². The average Bonchev–Trinajstić information content (AvgIpc) is 2.90. The molecule has 1 aliphatic heterocycles. The summed E-state index contributed by atoms with van der Waals surface area (Å²) in [4.78, 5) is 25.7. The molecular weight excluding hydrogens is 332 g/mol. The maximum atomic E-state index is 12.9. The van der Waals surface area contributed by atoms with Crippen molar-refractivity contribution >= 4 is 11.9 Å². The van der Waals surface area contributed by atoms with Crippen molar-refractivity contribution in [1.29, 1.82) is 0 Å². The highest BCUT2D eigenvalue weighted by molar-refractivity contribution is 6.04. The molecule has 0 unspecified atom stereocenters. The Balaban J connectivity index is 2.22. The van der Waals surface area contributed by atoms with Gasteiger partial charge >= 0.3 is 11.9 Å². The second-order valence-electron chi connectivity index (χ2n) is 8.90. The molecule has 1 aromatic rings. The van der Waals surface area contributed by atoms with Crippen LogP contribution >= 0.6 is 0 Å². The van der Waals surface area contributed by atoms with E-state index in [1.165, 1.54) is 0 Å². The Morgan fingerprint density at radius 3 is 1.96 bits per heavy atom. The second-order valence-corrected chi connectivity index (χ2v) is 8.90. The quantitative estimate of drug-likeness (QED) is 0.604. The Labute approximate surface area is 156 Å². The van der Waals surface area contributed by atoms with Crippen LogP contribution in [0.2, 0.25) is 0 Å². The molecule has 0 bridgehead atoms. The number of rotatable bonds is 4. The first-order chi connectivity index (χ1) is 11.9. The van der Waals surface area contributed by atoms with Crippen LogP contribution in [0.4, 0.5) is 0 Å². The molecule has 1 atom stereocenters. The summed E-state index contributed by atoms with van der Waals surface area (Å²) in [5, 5.41) is 0. The SMILES string of the molecule is CC(C)(C)OC(=O)C1(C(=O)OC(C)(C)C)C[C@H](Cc2ccccc2)CO1. The maximum absolute atomic E-state index is 12.9. The predicted molar refractivity (Wildman–Crippen MR) is 98.6 cm³/mol. The fourth-order valence-corrected chi connectivity index (χ4v) is 2.95. The number of carbonyl (C=O) groups excluding carboxylic acids is 2. The van der Waals surface area contributed by atoms with Gasteiger partial charge in [-0.3, -0.25) is 0 Å². The molecule has 0 radical (unpaired) electrons. The van der Waals surface area contributed by atoms with E-state index in [0.29, 0.717) is 6.61 Å². The molecule has 0 aromatic heterocycles. The zero-order chi connectivity index (χ0) is 19.6. The minimum Gasteiger partial charge on any atom is -0.457 e. The van der Waals surface area contributed by atoms with Gasteiger partial charge in [0.1, 0.15) is 11.2 Å². The molecule has 1 fully saturated rings. The van der Waals surface area contributed by atoms with Gasteiger partial charge in [-0.25, -0.2) is 9.59 Å². The summed E-state index contributed by atoms with van der Waals surface area (Å²) in [5.41, 5.74) is -1.98. The van der Waals surface area contributed by atoms with Crippen LogP contribution in [0.25, 0.3) is 0 Å². The third-order valence-electron chi connectivity index (χ3n) is 3.97. The van der Waals surface area contributed by atoms with Crippen molar-refractivity contribution in [2.24, 2.45) is 5.92 Å². The van der Waals surface area contributed by atoms with E-state index < -0.39 is 28.7 Å². The average molecular weight is 362 g/mol. The highest BCUT2D eigenvalue weighted by Gasteiger charge is 2.57. The molecule has 0 amide bonds. The number of ether oxygens (including phenoxy) is 3. The largest absolute Gasteiger partial charge is 0.457 e. The summed E-state index contributed by atoms with van der Waals surface area (Å²) in [7, 11) is 0. The van der Waals surface area contributed by atoms with E-state index in [-0.39, 0.29) is 12.3 Å². The highest BCUT2D eigenvalue weighted by Crippen LogP contribution is 2.36.